The second-order valence-electron chi connectivity index (χ2n) is 31.2. The molecule has 41 heteroatoms. The molecule has 672 valence electrons. The maximum Gasteiger partial charge on any atom is 0.315 e. The summed E-state index contributed by atoms with van der Waals surface area (Å²) in [6.45, 7) is 8.88. The van der Waals surface area contributed by atoms with Crippen LogP contribution in [-0.4, -0.2) is 194 Å². The average Bonchev–Trinajstić information content (AvgIpc) is 1.66. The summed E-state index contributed by atoms with van der Waals surface area (Å²) in [7, 11) is 0. The Bertz CT molecular complexity index is 6370. The van der Waals surface area contributed by atoms with Crippen LogP contribution < -0.4 is 53.4 Å². The van der Waals surface area contributed by atoms with Gasteiger partial charge < -0.3 is 73.9 Å². The lowest BCUT2D eigenvalue weighted by Crippen LogP contribution is -2.47. The van der Waals surface area contributed by atoms with Crippen LogP contribution in [0.15, 0.2) is 206 Å². The predicted octanol–water partition coefficient (Wildman–Crippen LogP) is 16.3. The molecule has 4 aliphatic rings. The number of halogens is 8. The number of hydrogen-bond acceptors (Lipinski definition) is 23. The van der Waals surface area contributed by atoms with Crippen molar-refractivity contribution in [2.75, 3.05) is 98.6 Å². The highest BCUT2D eigenvalue weighted by Crippen LogP contribution is 2.37. The van der Waals surface area contributed by atoms with Gasteiger partial charge in [0.2, 0.25) is 0 Å². The van der Waals surface area contributed by atoms with E-state index >= 15 is 0 Å². The molecular weight excluding hydrogens is 2040 g/mol. The first-order valence-electron chi connectivity index (χ1n) is 42.2. The fourth-order valence-corrected chi connectivity index (χ4v) is 18.2. The van der Waals surface area contributed by atoms with Gasteiger partial charge in [0.15, 0.2) is 40.6 Å². The molecule has 0 bridgehead atoms. The monoisotopic (exact) mass is 2120 g/mol. The first-order chi connectivity index (χ1) is 62.7. The van der Waals surface area contributed by atoms with Crippen LogP contribution in [0.25, 0.3) is 62.0 Å². The standard InChI is InChI=1S/C20H22BrClN6O.C19H20BrClN6O.C17H19BrN6O.C17H19BrN6.C15H14BrClN4O2/c21-15-12-25-28-18(24-9-8-13-5-3-4-10-27(13)20(23)29)11-17(26-19(15)28)14-6-1-2-7-16(14)22;20-14-11-24-27-17(23-10-12-5-7-26(8-6-12)19(22)28)9-16(25-18(14)27)13-3-1-2-4-15(13)21;18-14-10-21-24-16(20-9-12-2-1-7-23(25)11-12)8-15(22-17(14)24)13-3-5-19-6-4-13;18-14-11-22-24-16(21-10-12-2-1-5-20-9-12)8-15(23-17(14)24)13-3-6-19-7-4-13;16-11-7-19-21-14(18-6-9(23)8-22)5-13(20-15(11)21)10-3-1-2-4-12(10)17/h1-2,6-7,11-13,24H,3-5,8-10H2,(H2,23,29);1-4,9,11-12,23H,5-8,10H2,(H2,22,28);1-2,7-8,10-11,13,19-20H,3-6,9H2;1-2,5,8-9,11,13,19,21H,3-4,6-7,10H2;1-5,7,9,18,22-23H,6,8H2/t;;;;9-/m....0/s1. The molecule has 16 heterocycles. The van der Waals surface area contributed by atoms with Crippen molar-refractivity contribution in [3.05, 3.63) is 248 Å². The number of likely N-dealkylation sites (tertiary alicyclic amines) is 2. The molecule has 1 unspecified atom stereocenters. The number of piperidine rings is 4. The van der Waals surface area contributed by atoms with Gasteiger partial charge in [-0.15, -0.1) is 0 Å². The molecule has 4 fully saturated rings. The summed E-state index contributed by atoms with van der Waals surface area (Å²) in [5.41, 5.74) is 23.7. The Morgan fingerprint density at radius 3 is 1.35 bits per heavy atom. The van der Waals surface area contributed by atoms with Gasteiger partial charge in [0.25, 0.3) is 0 Å². The van der Waals surface area contributed by atoms with Gasteiger partial charge in [0.05, 0.1) is 83.1 Å². The number of aliphatic hydroxyl groups excluding tert-OH is 2. The van der Waals surface area contributed by atoms with Crippen molar-refractivity contribution in [1.82, 2.24) is 98.4 Å². The summed E-state index contributed by atoms with van der Waals surface area (Å²) in [6.07, 6.45) is 24.7. The zero-order valence-corrected chi connectivity index (χ0v) is 80.0. The quantitative estimate of drug-likeness (QED) is 0.0222. The van der Waals surface area contributed by atoms with Crippen LogP contribution in [0.3, 0.4) is 0 Å². The summed E-state index contributed by atoms with van der Waals surface area (Å²) < 4.78 is 13.8. The lowest BCUT2D eigenvalue weighted by Gasteiger charge is -2.34. The number of primary amides is 2. The normalized spacial score (nSPS) is 15.3. The number of anilines is 5. The molecule has 0 radical (unpaired) electrons. The number of fused-ring (bicyclic) bond motifs is 5. The van der Waals surface area contributed by atoms with Gasteiger partial charge in [-0.3, -0.25) is 4.98 Å². The highest BCUT2D eigenvalue weighted by molar-refractivity contribution is 9.11. The molecule has 0 saturated carbocycles. The molecule has 4 saturated heterocycles. The van der Waals surface area contributed by atoms with Gasteiger partial charge in [-0.2, -0.15) is 52.8 Å². The fourth-order valence-electron chi connectivity index (χ4n) is 15.8. The van der Waals surface area contributed by atoms with Gasteiger partial charge in [-0.25, -0.2) is 34.5 Å². The highest BCUT2D eigenvalue weighted by atomic mass is 79.9. The maximum absolute atomic E-state index is 11.7. The molecule has 0 spiro atoms. The third kappa shape index (κ3) is 23.5. The summed E-state index contributed by atoms with van der Waals surface area (Å²) in [5.74, 6) is 5.56. The molecule has 13 N–H and O–H groups in total. The highest BCUT2D eigenvalue weighted by Gasteiger charge is 2.28. The van der Waals surface area contributed by atoms with Gasteiger partial charge >= 0.3 is 12.1 Å². The Balaban J connectivity index is 0.000000124. The number of pyridine rings is 2. The molecule has 33 nitrogen and oxygen atoms in total. The number of rotatable bonds is 22. The zero-order chi connectivity index (χ0) is 90.0. The number of aliphatic hydroxyl groups is 2. The van der Waals surface area contributed by atoms with E-state index in [0.29, 0.717) is 88.4 Å². The van der Waals surface area contributed by atoms with Crippen LogP contribution >= 0.6 is 114 Å². The van der Waals surface area contributed by atoms with Crippen LogP contribution in [0, 0.1) is 11.1 Å². The number of benzene rings is 3. The largest absolute Gasteiger partial charge is 0.619 e. The maximum atomic E-state index is 11.7. The van der Waals surface area contributed by atoms with Crippen molar-refractivity contribution in [3.8, 4) is 33.8 Å². The van der Waals surface area contributed by atoms with Crippen LogP contribution in [-0.2, 0) is 13.1 Å². The third-order valence-corrected chi connectivity index (χ3v) is 26.4. The lowest BCUT2D eigenvalue weighted by atomic mass is 9.94. The second kappa shape index (κ2) is 44.4. The Hall–Kier alpha value is -10.5. The number of carbonyl (C=O) groups excluding carboxylic acids is 2. The topological polar surface area (TPSA) is 408 Å². The number of nitrogens with two attached hydrogens (primary N) is 2. The van der Waals surface area contributed by atoms with Crippen LogP contribution in [0.5, 0.6) is 0 Å². The van der Waals surface area contributed by atoms with E-state index in [1.807, 2.05) is 102 Å². The van der Waals surface area contributed by atoms with E-state index < -0.39 is 6.10 Å². The molecule has 12 aromatic heterocycles. The Kier molecular flexibility index (Phi) is 32.1. The molecule has 19 rings (SSSR count). The van der Waals surface area contributed by atoms with E-state index in [-0.39, 0.29) is 31.3 Å². The van der Waals surface area contributed by atoms with Crippen LogP contribution in [0.2, 0.25) is 15.1 Å². The molecule has 129 heavy (non-hydrogen) atoms. The van der Waals surface area contributed by atoms with Gasteiger partial charge in [-0.1, -0.05) is 95.5 Å². The number of amides is 4. The summed E-state index contributed by atoms with van der Waals surface area (Å²) >= 11 is 36.6. The van der Waals surface area contributed by atoms with E-state index in [9.17, 15) is 19.9 Å². The average molecular weight is 2130 g/mol. The van der Waals surface area contributed by atoms with Crippen molar-refractivity contribution >= 4 is 184 Å². The molecular formula is C88H94Br5Cl3N28O5. The van der Waals surface area contributed by atoms with Crippen molar-refractivity contribution in [2.24, 2.45) is 17.4 Å². The molecule has 3 aromatic carbocycles. The minimum Gasteiger partial charge on any atom is -0.619 e. The van der Waals surface area contributed by atoms with Crippen LogP contribution in [0.4, 0.5) is 38.7 Å². The first-order valence-corrected chi connectivity index (χ1v) is 47.3. The number of hydrogen-bond donors (Lipinski definition) is 11. The number of urea groups is 2. The number of nitrogens with zero attached hydrogens (tertiary/aromatic N) is 19. The summed E-state index contributed by atoms with van der Waals surface area (Å²) in [4.78, 5) is 54.3. The summed E-state index contributed by atoms with van der Waals surface area (Å²) in [6, 6.07) is 39.8. The minimum absolute atomic E-state index is 0.165. The van der Waals surface area contributed by atoms with Crippen molar-refractivity contribution in [1.29, 1.82) is 0 Å². The zero-order valence-electron chi connectivity index (χ0n) is 69.8. The molecule has 4 aliphatic heterocycles. The van der Waals surface area contributed by atoms with E-state index in [4.69, 9.17) is 71.3 Å². The van der Waals surface area contributed by atoms with Crippen molar-refractivity contribution in [2.45, 2.75) is 101 Å². The van der Waals surface area contributed by atoms with Gasteiger partial charge in [0, 0.05) is 168 Å². The minimum atomic E-state index is -0.860. The van der Waals surface area contributed by atoms with Gasteiger partial charge in [0.1, 0.15) is 29.1 Å². The Morgan fingerprint density at radius 2 is 0.922 bits per heavy atom. The number of aromatic nitrogens is 17. The Labute approximate surface area is 799 Å². The molecule has 15 aromatic rings. The number of carbonyl (C=O) groups is 2. The third-order valence-electron chi connectivity index (χ3n) is 22.6. The predicted molar refractivity (Wildman–Crippen MR) is 520 cm³/mol. The second-order valence-corrected chi connectivity index (χ2v) is 36.7. The number of nitrogens with one attached hydrogen (secondary N) is 7. The SMILES string of the molecule is Brc1cnn2c(NCc3cccnc3)cc(C3CCNCC3)nc12.NC(=O)N1CCC(CNc2cc(-c3ccccc3Cl)nc3c(Br)cnn23)CC1.NC(=O)N1CCCCC1CCNc1cc(-c2ccccc2Cl)nc2c(Br)cnn12.OC[C@@H](O)CNc1cc(-c2ccccc2Cl)nc2c(Br)cnn12.[O-][n+]1cccc(CNc2cc(C3CCNCC3)nc3c(Br)cnn23)c1. The van der Waals surface area contributed by atoms with E-state index in [1.165, 1.54) is 6.20 Å². The smallest absolute Gasteiger partial charge is 0.315 e. The fraction of sp³-hybridized carbons (Fsp3) is 0.318. The molecule has 2 atom stereocenters. The van der Waals surface area contributed by atoms with Crippen molar-refractivity contribution in [3.63, 3.8) is 0 Å². The van der Waals surface area contributed by atoms with Gasteiger partial charge in [-0.05, 0) is 212 Å². The molecule has 0 aliphatic carbocycles. The van der Waals surface area contributed by atoms with E-state index in [0.717, 1.165) is 221 Å². The lowest BCUT2D eigenvalue weighted by molar-refractivity contribution is -0.605. The van der Waals surface area contributed by atoms with E-state index in [1.54, 1.807) is 89.4 Å². The Morgan fingerprint density at radius 1 is 0.496 bits per heavy atom. The summed E-state index contributed by atoms with van der Waals surface area (Å²) in [5, 5.41) is 77.4. The van der Waals surface area contributed by atoms with Crippen LogP contribution in [0.1, 0.15) is 98.6 Å². The van der Waals surface area contributed by atoms with Crippen molar-refractivity contribution < 1.29 is 24.5 Å². The molecule has 4 amide bonds. The van der Waals surface area contributed by atoms with E-state index in [2.05, 4.69) is 171 Å². The first kappa shape index (κ1) is 93.2.